The molecule has 350 valence electrons. The SMILES string of the molecule is CCCCCC=CCC=CCC=CCC=CCC=CCCC(=O)OC(COC(=O)CCCCCCCC=CCC=CCCCCC)COP(=O)(O)OCC(O)COP(=O)(O)O. The van der Waals surface area contributed by atoms with E-state index in [0.717, 1.165) is 70.6 Å². The van der Waals surface area contributed by atoms with E-state index in [2.05, 4.69) is 89.7 Å². The number of esters is 2. The van der Waals surface area contributed by atoms with E-state index in [4.69, 9.17) is 23.8 Å². The summed E-state index contributed by atoms with van der Waals surface area (Å²) in [6.07, 6.45) is 47.3. The van der Waals surface area contributed by atoms with Crippen LogP contribution >= 0.6 is 15.6 Å². The van der Waals surface area contributed by atoms with Crippen molar-refractivity contribution in [2.75, 3.05) is 26.4 Å². The number of allylic oxidation sites excluding steroid dienone is 14. The van der Waals surface area contributed by atoms with Gasteiger partial charge in [-0.15, -0.1) is 0 Å². The highest BCUT2D eigenvalue weighted by Gasteiger charge is 2.28. The monoisotopic (exact) mass is 900 g/mol. The molecular formula is C46H78O13P2. The Labute approximate surface area is 367 Å². The number of aliphatic hydroxyl groups excluding tert-OH is 1. The first-order valence-corrected chi connectivity index (χ1v) is 25.3. The maximum atomic E-state index is 12.6. The summed E-state index contributed by atoms with van der Waals surface area (Å²) >= 11 is 0. The first-order valence-electron chi connectivity index (χ1n) is 22.3. The molecule has 0 saturated carbocycles. The fourth-order valence-corrected chi connectivity index (χ4v) is 6.51. The van der Waals surface area contributed by atoms with E-state index in [-0.39, 0.29) is 12.8 Å². The van der Waals surface area contributed by atoms with E-state index in [1.165, 1.54) is 38.5 Å². The zero-order valence-corrected chi connectivity index (χ0v) is 38.8. The van der Waals surface area contributed by atoms with Gasteiger partial charge in [0.05, 0.1) is 19.8 Å². The van der Waals surface area contributed by atoms with E-state index < -0.39 is 66.2 Å². The van der Waals surface area contributed by atoms with Crippen molar-refractivity contribution in [2.45, 2.75) is 167 Å². The molecule has 0 aromatic rings. The molecule has 3 unspecified atom stereocenters. The zero-order valence-electron chi connectivity index (χ0n) is 37.0. The van der Waals surface area contributed by atoms with Gasteiger partial charge in [0.2, 0.25) is 0 Å². The average molecular weight is 901 g/mol. The van der Waals surface area contributed by atoms with Crippen molar-refractivity contribution in [1.82, 2.24) is 0 Å². The number of unbranched alkanes of at least 4 members (excludes halogenated alkanes) is 11. The number of ether oxygens (including phenoxy) is 2. The lowest BCUT2D eigenvalue weighted by Crippen LogP contribution is -2.29. The number of phosphoric acid groups is 2. The number of carbonyl (C=O) groups is 2. The summed E-state index contributed by atoms with van der Waals surface area (Å²) < 4.78 is 47.7. The van der Waals surface area contributed by atoms with Gasteiger partial charge in [0.1, 0.15) is 12.7 Å². The van der Waals surface area contributed by atoms with Gasteiger partial charge in [-0.2, -0.15) is 0 Å². The largest absolute Gasteiger partial charge is 0.472 e. The summed E-state index contributed by atoms with van der Waals surface area (Å²) in [7, 11) is -9.71. The van der Waals surface area contributed by atoms with Crippen LogP contribution < -0.4 is 0 Å². The second kappa shape index (κ2) is 41.3. The minimum atomic E-state index is -4.87. The molecule has 61 heavy (non-hydrogen) atoms. The van der Waals surface area contributed by atoms with Crippen LogP contribution in [0.5, 0.6) is 0 Å². The molecule has 0 spiro atoms. The predicted molar refractivity (Wildman–Crippen MR) is 243 cm³/mol. The third kappa shape index (κ3) is 45.1. The Kier molecular flexibility index (Phi) is 39.5. The number of phosphoric ester groups is 2. The quantitative estimate of drug-likeness (QED) is 0.0196. The molecule has 0 fully saturated rings. The van der Waals surface area contributed by atoms with Crippen LogP contribution in [0.25, 0.3) is 0 Å². The Bertz CT molecular complexity index is 1400. The van der Waals surface area contributed by atoms with Crippen LogP contribution in [-0.2, 0) is 41.8 Å². The van der Waals surface area contributed by atoms with E-state index in [9.17, 15) is 28.7 Å². The van der Waals surface area contributed by atoms with Crippen molar-refractivity contribution in [3.05, 3.63) is 85.1 Å². The first kappa shape index (κ1) is 58.3. The molecule has 0 aromatic heterocycles. The summed E-state index contributed by atoms with van der Waals surface area (Å²) in [4.78, 5) is 52.7. The maximum Gasteiger partial charge on any atom is 0.472 e. The van der Waals surface area contributed by atoms with Gasteiger partial charge >= 0.3 is 27.6 Å². The van der Waals surface area contributed by atoms with Crippen molar-refractivity contribution >= 4 is 27.6 Å². The topological polar surface area (TPSA) is 195 Å². The van der Waals surface area contributed by atoms with Gasteiger partial charge in [-0.25, -0.2) is 9.13 Å². The molecule has 0 saturated heterocycles. The summed E-state index contributed by atoms with van der Waals surface area (Å²) in [6, 6.07) is 0. The maximum absolute atomic E-state index is 12.6. The van der Waals surface area contributed by atoms with Crippen molar-refractivity contribution in [3.8, 4) is 0 Å². The highest BCUT2D eigenvalue weighted by Crippen LogP contribution is 2.43. The van der Waals surface area contributed by atoms with Crippen LogP contribution in [0, 0.1) is 0 Å². The normalized spacial score (nSPS) is 14.8. The molecule has 0 rings (SSSR count). The second-order valence-electron chi connectivity index (χ2n) is 14.6. The van der Waals surface area contributed by atoms with E-state index >= 15 is 0 Å². The third-order valence-corrected chi connectivity index (χ3v) is 10.2. The molecule has 0 aliphatic rings. The molecule has 0 aliphatic carbocycles. The predicted octanol–water partition coefficient (Wildman–Crippen LogP) is 11.6. The van der Waals surface area contributed by atoms with Crippen LogP contribution in [-0.4, -0.2) is 70.4 Å². The molecule has 0 amide bonds. The summed E-state index contributed by atoms with van der Waals surface area (Å²) in [5, 5.41) is 9.75. The van der Waals surface area contributed by atoms with Crippen molar-refractivity contribution < 1.29 is 61.6 Å². The number of hydrogen-bond donors (Lipinski definition) is 4. The fraction of sp³-hybridized carbons (Fsp3) is 0.652. The Hall–Kier alpha value is -2.70. The molecule has 13 nitrogen and oxygen atoms in total. The van der Waals surface area contributed by atoms with Gasteiger partial charge in [-0.1, -0.05) is 144 Å². The van der Waals surface area contributed by atoms with Crippen LogP contribution in [0.4, 0.5) is 0 Å². The molecule has 0 heterocycles. The Morgan fingerprint density at radius 1 is 0.475 bits per heavy atom. The van der Waals surface area contributed by atoms with Crippen molar-refractivity contribution in [2.24, 2.45) is 0 Å². The van der Waals surface area contributed by atoms with Gasteiger partial charge in [-0.3, -0.25) is 23.2 Å². The molecule has 15 heteroatoms. The molecule has 0 aliphatic heterocycles. The lowest BCUT2D eigenvalue weighted by molar-refractivity contribution is -0.161. The lowest BCUT2D eigenvalue weighted by atomic mass is 10.1. The number of hydrogen-bond acceptors (Lipinski definition) is 10. The van der Waals surface area contributed by atoms with Crippen molar-refractivity contribution in [1.29, 1.82) is 0 Å². The number of aliphatic hydroxyl groups is 1. The van der Waals surface area contributed by atoms with Crippen LogP contribution in [0.1, 0.15) is 155 Å². The highest BCUT2D eigenvalue weighted by atomic mass is 31.2. The molecule has 0 aromatic carbocycles. The van der Waals surface area contributed by atoms with Gasteiger partial charge < -0.3 is 29.3 Å². The van der Waals surface area contributed by atoms with Crippen LogP contribution in [0.3, 0.4) is 0 Å². The van der Waals surface area contributed by atoms with E-state index in [1.54, 1.807) is 0 Å². The second-order valence-corrected chi connectivity index (χ2v) is 17.3. The Morgan fingerprint density at radius 3 is 1.38 bits per heavy atom. The zero-order chi connectivity index (χ0) is 45.1. The first-order chi connectivity index (χ1) is 29.4. The molecule has 3 atom stereocenters. The van der Waals surface area contributed by atoms with Crippen LogP contribution in [0.2, 0.25) is 0 Å². The minimum absolute atomic E-state index is 0.000573. The van der Waals surface area contributed by atoms with Crippen molar-refractivity contribution in [3.63, 3.8) is 0 Å². The highest BCUT2D eigenvalue weighted by molar-refractivity contribution is 7.47. The number of carbonyl (C=O) groups excluding carboxylic acids is 2. The lowest BCUT2D eigenvalue weighted by Gasteiger charge is -2.20. The standard InChI is InChI=1S/C46H78O13P2/c1-3-5-7-9-11-13-15-17-19-20-21-22-24-26-28-30-32-34-36-38-46(49)59-44(42-58-61(53,54)57-40-43(47)39-56-60(50,51)52)41-55-45(48)37-35-33-31-29-27-25-23-18-16-14-12-10-8-6-4-2/h11-14,17-19,21-23,26,28,32,34,43-44,47H,3-10,15-16,20,24-25,27,29-31,33,35-42H2,1-2H3,(H,53,54)(H2,50,51,52). The van der Waals surface area contributed by atoms with Crippen LogP contribution in [0.15, 0.2) is 85.1 Å². The fourth-order valence-electron chi connectivity index (χ4n) is 5.36. The number of rotatable bonds is 41. The summed E-state index contributed by atoms with van der Waals surface area (Å²) in [5.41, 5.74) is 0. The molecular weight excluding hydrogens is 822 g/mol. The van der Waals surface area contributed by atoms with E-state index in [0.29, 0.717) is 19.3 Å². The van der Waals surface area contributed by atoms with Gasteiger partial charge in [-0.05, 0) is 83.5 Å². The minimum Gasteiger partial charge on any atom is -0.462 e. The summed E-state index contributed by atoms with van der Waals surface area (Å²) in [5.74, 6) is -1.15. The van der Waals surface area contributed by atoms with Gasteiger partial charge in [0.25, 0.3) is 0 Å². The Balaban J connectivity index is 4.67. The van der Waals surface area contributed by atoms with Gasteiger partial charge in [0, 0.05) is 12.8 Å². The summed E-state index contributed by atoms with van der Waals surface area (Å²) in [6.45, 7) is 1.60. The van der Waals surface area contributed by atoms with Gasteiger partial charge in [0.15, 0.2) is 6.10 Å². The van der Waals surface area contributed by atoms with E-state index in [1.807, 2.05) is 18.2 Å². The molecule has 0 bridgehead atoms. The molecule has 0 radical (unpaired) electrons. The third-order valence-electron chi connectivity index (χ3n) is 8.76. The smallest absolute Gasteiger partial charge is 0.462 e. The Morgan fingerprint density at radius 2 is 0.885 bits per heavy atom. The molecule has 4 N–H and O–H groups in total. The average Bonchev–Trinajstić information content (AvgIpc) is 3.22.